The Morgan fingerprint density at radius 2 is 2.30 bits per heavy atom. The van der Waals surface area contributed by atoms with Crippen LogP contribution in [0, 0.1) is 6.92 Å². The first kappa shape index (κ1) is 16.1. The SMILES string of the molecule is Cc1nnc(C2COCCN2C(=O)Cc2csc(C(C)C)n2)o1. The van der Waals surface area contributed by atoms with E-state index in [0.29, 0.717) is 37.5 Å². The molecule has 0 saturated carbocycles. The summed E-state index contributed by atoms with van der Waals surface area (Å²) in [5.74, 6) is 1.30. The first-order valence-electron chi connectivity index (χ1n) is 7.66. The zero-order chi connectivity index (χ0) is 16.4. The van der Waals surface area contributed by atoms with Gasteiger partial charge in [0.25, 0.3) is 0 Å². The third-order valence-corrected chi connectivity index (χ3v) is 4.87. The van der Waals surface area contributed by atoms with Gasteiger partial charge in [0.2, 0.25) is 17.7 Å². The summed E-state index contributed by atoms with van der Waals surface area (Å²) in [6.45, 7) is 7.34. The number of hydrogen-bond donors (Lipinski definition) is 0. The first-order chi connectivity index (χ1) is 11.0. The number of hydrogen-bond acceptors (Lipinski definition) is 7. The molecule has 1 fully saturated rings. The normalized spacial score (nSPS) is 18.6. The predicted molar refractivity (Wildman–Crippen MR) is 84.2 cm³/mol. The summed E-state index contributed by atoms with van der Waals surface area (Å²) in [7, 11) is 0. The quantitative estimate of drug-likeness (QED) is 0.850. The Labute approximate surface area is 138 Å². The molecule has 1 unspecified atom stereocenters. The van der Waals surface area contributed by atoms with E-state index in [-0.39, 0.29) is 18.4 Å². The van der Waals surface area contributed by atoms with Gasteiger partial charge in [0, 0.05) is 24.8 Å². The Bertz CT molecular complexity index is 682. The van der Waals surface area contributed by atoms with Gasteiger partial charge in [-0.25, -0.2) is 4.98 Å². The molecule has 0 bridgehead atoms. The standard InChI is InChI=1S/C15H20N4O3S/c1-9(2)15-16-11(8-23-15)6-13(20)19-4-5-21-7-12(19)14-18-17-10(3)22-14/h8-9,12H,4-7H2,1-3H3. The number of thiazole rings is 1. The molecule has 3 heterocycles. The molecular formula is C15H20N4O3S. The van der Waals surface area contributed by atoms with Gasteiger partial charge < -0.3 is 14.1 Å². The van der Waals surface area contributed by atoms with Crippen molar-refractivity contribution >= 4 is 17.2 Å². The van der Waals surface area contributed by atoms with E-state index in [2.05, 4.69) is 29.0 Å². The van der Waals surface area contributed by atoms with E-state index in [9.17, 15) is 4.79 Å². The summed E-state index contributed by atoms with van der Waals surface area (Å²) in [5, 5.41) is 10.9. The van der Waals surface area contributed by atoms with Crippen LogP contribution in [0.3, 0.4) is 0 Å². The van der Waals surface area contributed by atoms with Crippen LogP contribution >= 0.6 is 11.3 Å². The fraction of sp³-hybridized carbons (Fsp3) is 0.600. The van der Waals surface area contributed by atoms with E-state index in [1.54, 1.807) is 23.2 Å². The van der Waals surface area contributed by atoms with Crippen molar-refractivity contribution in [1.82, 2.24) is 20.1 Å². The molecule has 23 heavy (non-hydrogen) atoms. The van der Waals surface area contributed by atoms with Crippen molar-refractivity contribution in [2.75, 3.05) is 19.8 Å². The van der Waals surface area contributed by atoms with E-state index in [4.69, 9.17) is 9.15 Å². The van der Waals surface area contributed by atoms with Gasteiger partial charge >= 0.3 is 0 Å². The van der Waals surface area contributed by atoms with Gasteiger partial charge in [0.15, 0.2) is 0 Å². The molecule has 0 radical (unpaired) electrons. The van der Waals surface area contributed by atoms with Crippen molar-refractivity contribution in [3.8, 4) is 0 Å². The number of nitrogens with zero attached hydrogens (tertiary/aromatic N) is 4. The van der Waals surface area contributed by atoms with Crippen LogP contribution in [0.25, 0.3) is 0 Å². The van der Waals surface area contributed by atoms with E-state index < -0.39 is 0 Å². The molecule has 1 saturated heterocycles. The van der Waals surface area contributed by atoms with Crippen LogP contribution in [0.15, 0.2) is 9.80 Å². The van der Waals surface area contributed by atoms with Crippen molar-refractivity contribution in [2.24, 2.45) is 0 Å². The highest BCUT2D eigenvalue weighted by Crippen LogP contribution is 2.25. The summed E-state index contributed by atoms with van der Waals surface area (Å²) in [5.41, 5.74) is 0.815. The fourth-order valence-electron chi connectivity index (χ4n) is 2.48. The van der Waals surface area contributed by atoms with Gasteiger partial charge in [-0.2, -0.15) is 0 Å². The van der Waals surface area contributed by atoms with Gasteiger partial charge in [0.05, 0.1) is 30.3 Å². The summed E-state index contributed by atoms with van der Waals surface area (Å²) in [6.07, 6.45) is 0.285. The number of ether oxygens (including phenoxy) is 1. The number of carbonyl (C=O) groups excluding carboxylic acids is 1. The monoisotopic (exact) mass is 336 g/mol. The summed E-state index contributed by atoms with van der Waals surface area (Å²) in [4.78, 5) is 19.0. The minimum atomic E-state index is -0.319. The van der Waals surface area contributed by atoms with E-state index in [0.717, 1.165) is 10.7 Å². The summed E-state index contributed by atoms with van der Waals surface area (Å²) < 4.78 is 11.0. The maximum absolute atomic E-state index is 12.7. The molecule has 1 aliphatic rings. The summed E-state index contributed by atoms with van der Waals surface area (Å²) in [6, 6.07) is -0.319. The maximum Gasteiger partial charge on any atom is 0.241 e. The lowest BCUT2D eigenvalue weighted by Crippen LogP contribution is -2.44. The number of aryl methyl sites for hydroxylation is 1. The van der Waals surface area contributed by atoms with Crippen LogP contribution in [0.1, 0.15) is 48.3 Å². The van der Waals surface area contributed by atoms with Gasteiger partial charge in [0.1, 0.15) is 6.04 Å². The number of amides is 1. The Balaban J connectivity index is 1.73. The van der Waals surface area contributed by atoms with Crippen molar-refractivity contribution in [1.29, 1.82) is 0 Å². The molecule has 0 N–H and O–H groups in total. The zero-order valence-corrected chi connectivity index (χ0v) is 14.3. The smallest absolute Gasteiger partial charge is 0.241 e. The zero-order valence-electron chi connectivity index (χ0n) is 13.5. The van der Waals surface area contributed by atoms with Gasteiger partial charge in [-0.05, 0) is 0 Å². The molecular weight excluding hydrogens is 316 g/mol. The fourth-order valence-corrected chi connectivity index (χ4v) is 3.31. The van der Waals surface area contributed by atoms with E-state index in [1.807, 2.05) is 5.38 Å². The molecule has 0 spiro atoms. The van der Waals surface area contributed by atoms with Gasteiger partial charge in [-0.3, -0.25) is 4.79 Å². The number of morpholine rings is 1. The average Bonchev–Trinajstić information content (AvgIpc) is 3.16. The lowest BCUT2D eigenvalue weighted by molar-refractivity contribution is -0.140. The van der Waals surface area contributed by atoms with Crippen LogP contribution in [-0.2, 0) is 16.0 Å². The molecule has 0 aliphatic carbocycles. The average molecular weight is 336 g/mol. The minimum absolute atomic E-state index is 0.00904. The lowest BCUT2D eigenvalue weighted by Gasteiger charge is -2.33. The third kappa shape index (κ3) is 3.59. The van der Waals surface area contributed by atoms with E-state index in [1.165, 1.54) is 0 Å². The first-order valence-corrected chi connectivity index (χ1v) is 8.54. The highest BCUT2D eigenvalue weighted by molar-refractivity contribution is 7.09. The highest BCUT2D eigenvalue weighted by Gasteiger charge is 2.32. The van der Waals surface area contributed by atoms with Crippen molar-refractivity contribution in [2.45, 2.75) is 39.2 Å². The van der Waals surface area contributed by atoms with Crippen LogP contribution in [-0.4, -0.2) is 45.7 Å². The summed E-state index contributed by atoms with van der Waals surface area (Å²) >= 11 is 1.60. The Kier molecular flexibility index (Phi) is 4.72. The molecule has 8 heteroatoms. The Morgan fingerprint density at radius 3 is 2.96 bits per heavy atom. The molecule has 1 aliphatic heterocycles. The largest absolute Gasteiger partial charge is 0.423 e. The molecule has 7 nitrogen and oxygen atoms in total. The predicted octanol–water partition coefficient (Wildman–Crippen LogP) is 2.10. The third-order valence-electron chi connectivity index (χ3n) is 3.67. The second kappa shape index (κ2) is 6.76. The second-order valence-corrected chi connectivity index (χ2v) is 6.74. The molecule has 124 valence electrons. The topological polar surface area (TPSA) is 81.4 Å². The molecule has 0 aromatic carbocycles. The number of aromatic nitrogens is 3. The molecule has 3 rings (SSSR count). The van der Waals surface area contributed by atoms with Crippen molar-refractivity contribution < 1.29 is 13.9 Å². The number of carbonyl (C=O) groups is 1. The van der Waals surface area contributed by atoms with Crippen LogP contribution in [0.2, 0.25) is 0 Å². The molecule has 2 aromatic heterocycles. The Morgan fingerprint density at radius 1 is 1.48 bits per heavy atom. The molecule has 1 amide bonds. The van der Waals surface area contributed by atoms with Crippen molar-refractivity contribution in [3.05, 3.63) is 27.9 Å². The number of rotatable bonds is 4. The van der Waals surface area contributed by atoms with Gasteiger partial charge in [-0.15, -0.1) is 21.5 Å². The van der Waals surface area contributed by atoms with E-state index >= 15 is 0 Å². The lowest BCUT2D eigenvalue weighted by atomic mass is 10.2. The van der Waals surface area contributed by atoms with Crippen molar-refractivity contribution in [3.63, 3.8) is 0 Å². The van der Waals surface area contributed by atoms with Crippen LogP contribution in [0.5, 0.6) is 0 Å². The highest BCUT2D eigenvalue weighted by atomic mass is 32.1. The minimum Gasteiger partial charge on any atom is -0.423 e. The van der Waals surface area contributed by atoms with Crippen LogP contribution < -0.4 is 0 Å². The molecule has 1 atom stereocenters. The molecule has 2 aromatic rings. The van der Waals surface area contributed by atoms with Crippen LogP contribution in [0.4, 0.5) is 0 Å². The Hall–Kier alpha value is -1.80. The van der Waals surface area contributed by atoms with Gasteiger partial charge in [-0.1, -0.05) is 13.8 Å². The second-order valence-electron chi connectivity index (χ2n) is 5.85. The maximum atomic E-state index is 12.7.